The van der Waals surface area contributed by atoms with E-state index in [1.54, 1.807) is 0 Å². The molecule has 0 aromatic heterocycles. The van der Waals surface area contributed by atoms with Crippen LogP contribution in [0.5, 0.6) is 0 Å². The molecule has 0 atom stereocenters. The van der Waals surface area contributed by atoms with E-state index < -0.39 is 0 Å². The minimum Gasteiger partial charge on any atom is -0.469 e. The van der Waals surface area contributed by atoms with Gasteiger partial charge in [-0.3, -0.25) is 10.6 Å². The smallest absolute Gasteiger partial charge is 0.309 e. The van der Waals surface area contributed by atoms with E-state index in [4.69, 9.17) is 5.84 Å². The van der Waals surface area contributed by atoms with Crippen molar-refractivity contribution in [1.29, 1.82) is 0 Å². The van der Waals surface area contributed by atoms with Gasteiger partial charge in [0.05, 0.1) is 13.5 Å². The van der Waals surface area contributed by atoms with Crippen molar-refractivity contribution in [3.05, 3.63) is 29.3 Å². The number of hydrogen-bond acceptors (Lipinski definition) is 4. The van der Waals surface area contributed by atoms with Gasteiger partial charge in [0, 0.05) is 5.69 Å². The molecule has 0 bridgehead atoms. The van der Waals surface area contributed by atoms with Crippen LogP contribution in [0.3, 0.4) is 0 Å². The molecule has 0 saturated heterocycles. The highest BCUT2D eigenvalue weighted by Crippen LogP contribution is 2.14. The first-order chi connectivity index (χ1) is 6.67. The van der Waals surface area contributed by atoms with Gasteiger partial charge in [-0.15, -0.1) is 0 Å². The van der Waals surface area contributed by atoms with Gasteiger partial charge >= 0.3 is 5.97 Å². The van der Waals surface area contributed by atoms with Crippen molar-refractivity contribution < 1.29 is 9.53 Å². The third kappa shape index (κ3) is 2.47. The van der Waals surface area contributed by atoms with E-state index in [1.165, 1.54) is 7.11 Å². The first kappa shape index (κ1) is 10.5. The number of carbonyl (C=O) groups is 1. The van der Waals surface area contributed by atoms with Crippen LogP contribution in [-0.4, -0.2) is 13.1 Å². The second kappa shape index (κ2) is 4.62. The monoisotopic (exact) mass is 194 g/mol. The van der Waals surface area contributed by atoms with Gasteiger partial charge in [0.15, 0.2) is 0 Å². The highest BCUT2D eigenvalue weighted by molar-refractivity contribution is 5.73. The molecular formula is C10H14N2O2. The van der Waals surface area contributed by atoms with Crippen molar-refractivity contribution in [3.8, 4) is 0 Å². The molecule has 0 saturated carbocycles. The minimum absolute atomic E-state index is 0.235. The van der Waals surface area contributed by atoms with Crippen molar-refractivity contribution in [2.45, 2.75) is 13.3 Å². The lowest BCUT2D eigenvalue weighted by molar-refractivity contribution is -0.139. The van der Waals surface area contributed by atoms with Gasteiger partial charge in [-0.2, -0.15) is 0 Å². The first-order valence-corrected chi connectivity index (χ1v) is 4.30. The van der Waals surface area contributed by atoms with Crippen LogP contribution in [0.2, 0.25) is 0 Å². The topological polar surface area (TPSA) is 64.3 Å². The summed E-state index contributed by atoms with van der Waals surface area (Å²) in [6.45, 7) is 1.93. The zero-order valence-corrected chi connectivity index (χ0v) is 8.33. The lowest BCUT2D eigenvalue weighted by Gasteiger charge is -2.06. The molecular weight excluding hydrogens is 180 g/mol. The van der Waals surface area contributed by atoms with Crippen molar-refractivity contribution in [3.63, 3.8) is 0 Å². The number of nitrogen functional groups attached to an aromatic ring is 1. The number of esters is 1. The summed E-state index contributed by atoms with van der Waals surface area (Å²) in [6, 6.07) is 5.57. The van der Waals surface area contributed by atoms with Crippen LogP contribution in [-0.2, 0) is 16.0 Å². The van der Waals surface area contributed by atoms with E-state index in [2.05, 4.69) is 10.2 Å². The fraction of sp³-hybridized carbons (Fsp3) is 0.300. The average Bonchev–Trinajstić information content (AvgIpc) is 2.20. The molecule has 1 rings (SSSR count). The van der Waals surface area contributed by atoms with Crippen LogP contribution in [0.25, 0.3) is 0 Å². The van der Waals surface area contributed by atoms with Gasteiger partial charge in [-0.1, -0.05) is 6.07 Å². The van der Waals surface area contributed by atoms with Crippen LogP contribution >= 0.6 is 0 Å². The highest BCUT2D eigenvalue weighted by Gasteiger charge is 2.05. The van der Waals surface area contributed by atoms with E-state index in [0.29, 0.717) is 6.42 Å². The zero-order chi connectivity index (χ0) is 10.6. The van der Waals surface area contributed by atoms with Gasteiger partial charge in [0.1, 0.15) is 0 Å². The van der Waals surface area contributed by atoms with Gasteiger partial charge < -0.3 is 10.2 Å². The van der Waals surface area contributed by atoms with Gasteiger partial charge in [0.25, 0.3) is 0 Å². The Morgan fingerprint density at radius 2 is 2.29 bits per heavy atom. The normalized spacial score (nSPS) is 9.64. The summed E-state index contributed by atoms with van der Waals surface area (Å²) in [4.78, 5) is 11.0. The maximum Gasteiger partial charge on any atom is 0.309 e. The number of anilines is 1. The molecule has 0 aliphatic carbocycles. The molecule has 4 heteroatoms. The van der Waals surface area contributed by atoms with Crippen LogP contribution in [0.1, 0.15) is 11.1 Å². The third-order valence-corrected chi connectivity index (χ3v) is 2.07. The molecule has 0 heterocycles. The van der Waals surface area contributed by atoms with Crippen LogP contribution in [0.4, 0.5) is 5.69 Å². The van der Waals surface area contributed by atoms with Crippen LogP contribution < -0.4 is 11.3 Å². The summed E-state index contributed by atoms with van der Waals surface area (Å²) in [5.41, 5.74) is 5.35. The SMILES string of the molecule is COC(=O)Cc1ccc(NN)cc1C. The van der Waals surface area contributed by atoms with Gasteiger partial charge in [-0.25, -0.2) is 0 Å². The number of rotatable bonds is 3. The van der Waals surface area contributed by atoms with Crippen molar-refractivity contribution in [2.24, 2.45) is 5.84 Å². The molecule has 0 radical (unpaired) electrons. The Balaban J connectivity index is 2.83. The maximum absolute atomic E-state index is 11.0. The Labute approximate surface area is 83.0 Å². The molecule has 14 heavy (non-hydrogen) atoms. The number of hydrogen-bond donors (Lipinski definition) is 2. The first-order valence-electron chi connectivity index (χ1n) is 4.30. The average molecular weight is 194 g/mol. The third-order valence-electron chi connectivity index (χ3n) is 2.07. The van der Waals surface area contributed by atoms with Crippen molar-refractivity contribution in [2.75, 3.05) is 12.5 Å². The molecule has 0 unspecified atom stereocenters. The maximum atomic E-state index is 11.0. The lowest BCUT2D eigenvalue weighted by Crippen LogP contribution is -2.09. The summed E-state index contributed by atoms with van der Waals surface area (Å²) in [7, 11) is 1.38. The second-order valence-corrected chi connectivity index (χ2v) is 3.04. The van der Waals surface area contributed by atoms with Crippen LogP contribution in [0.15, 0.2) is 18.2 Å². The van der Waals surface area contributed by atoms with E-state index in [-0.39, 0.29) is 5.97 Å². The predicted molar refractivity (Wildman–Crippen MR) is 54.7 cm³/mol. The number of hydrazine groups is 1. The van der Waals surface area contributed by atoms with Crippen LogP contribution in [0, 0.1) is 6.92 Å². The second-order valence-electron chi connectivity index (χ2n) is 3.04. The Morgan fingerprint density at radius 1 is 1.57 bits per heavy atom. The summed E-state index contributed by atoms with van der Waals surface area (Å²) in [5.74, 6) is 5.02. The molecule has 0 aliphatic heterocycles. The Morgan fingerprint density at radius 3 is 2.79 bits per heavy atom. The number of ether oxygens (including phenoxy) is 1. The lowest BCUT2D eigenvalue weighted by atomic mass is 10.1. The molecule has 4 nitrogen and oxygen atoms in total. The van der Waals surface area contributed by atoms with E-state index >= 15 is 0 Å². The molecule has 3 N–H and O–H groups in total. The summed E-state index contributed by atoms with van der Waals surface area (Å²) in [5, 5.41) is 0. The fourth-order valence-corrected chi connectivity index (χ4v) is 1.21. The number of nitrogens with one attached hydrogen (secondary N) is 1. The quantitative estimate of drug-likeness (QED) is 0.428. The van der Waals surface area contributed by atoms with Crippen molar-refractivity contribution >= 4 is 11.7 Å². The molecule has 1 aromatic rings. The standard InChI is InChI=1S/C10H14N2O2/c1-7-5-9(12-11)4-3-8(7)6-10(13)14-2/h3-5,12H,6,11H2,1-2H3. The molecule has 0 amide bonds. The number of carbonyl (C=O) groups excluding carboxylic acids is 1. The largest absolute Gasteiger partial charge is 0.469 e. The Hall–Kier alpha value is -1.55. The van der Waals surface area contributed by atoms with E-state index in [1.807, 2.05) is 25.1 Å². The molecule has 0 aliphatic rings. The Kier molecular flexibility index (Phi) is 3.48. The summed E-state index contributed by atoms with van der Waals surface area (Å²) < 4.78 is 4.59. The fourth-order valence-electron chi connectivity index (χ4n) is 1.21. The van der Waals surface area contributed by atoms with E-state index in [9.17, 15) is 4.79 Å². The number of aryl methyl sites for hydroxylation is 1. The van der Waals surface area contributed by atoms with Crippen molar-refractivity contribution in [1.82, 2.24) is 0 Å². The molecule has 0 fully saturated rings. The van der Waals surface area contributed by atoms with Gasteiger partial charge in [0.2, 0.25) is 0 Å². The Bertz CT molecular complexity index is 337. The predicted octanol–water partition coefficient (Wildman–Crippen LogP) is 0.996. The highest BCUT2D eigenvalue weighted by atomic mass is 16.5. The zero-order valence-electron chi connectivity index (χ0n) is 8.33. The number of benzene rings is 1. The summed E-state index contributed by atoms with van der Waals surface area (Å²) in [6.07, 6.45) is 0.299. The number of nitrogens with two attached hydrogens (primary N) is 1. The minimum atomic E-state index is -0.235. The molecule has 1 aromatic carbocycles. The summed E-state index contributed by atoms with van der Waals surface area (Å²) >= 11 is 0. The molecule has 76 valence electrons. The molecule has 0 spiro atoms. The number of methoxy groups -OCH3 is 1. The van der Waals surface area contributed by atoms with E-state index in [0.717, 1.165) is 16.8 Å². The van der Waals surface area contributed by atoms with Gasteiger partial charge in [-0.05, 0) is 30.2 Å².